The van der Waals surface area contributed by atoms with Crippen LogP contribution in [0.25, 0.3) is 0 Å². The topological polar surface area (TPSA) is 55.6 Å². The van der Waals surface area contributed by atoms with Crippen LogP contribution in [-0.4, -0.2) is 43.2 Å². The number of nitrogens with two attached hydrogens (primary N) is 1. The van der Waals surface area contributed by atoms with E-state index in [4.69, 9.17) is 10.5 Å². The third kappa shape index (κ3) is 5.04. The van der Waals surface area contributed by atoms with Gasteiger partial charge < -0.3 is 15.4 Å². The van der Waals surface area contributed by atoms with Crippen molar-refractivity contribution in [1.82, 2.24) is 4.90 Å². The van der Waals surface area contributed by atoms with Crippen LogP contribution in [0.1, 0.15) is 39.5 Å². The van der Waals surface area contributed by atoms with Gasteiger partial charge in [-0.3, -0.25) is 4.79 Å². The second kappa shape index (κ2) is 7.67. The van der Waals surface area contributed by atoms with E-state index in [1.807, 2.05) is 18.7 Å². The van der Waals surface area contributed by atoms with Crippen LogP contribution < -0.4 is 5.73 Å². The van der Waals surface area contributed by atoms with E-state index < -0.39 is 0 Å². The molecule has 2 N–H and O–H groups in total. The van der Waals surface area contributed by atoms with Crippen LogP contribution in [0, 0.1) is 5.92 Å². The first-order valence-corrected chi connectivity index (χ1v) is 6.76. The summed E-state index contributed by atoms with van der Waals surface area (Å²) in [4.78, 5) is 13.9. The fraction of sp³-hybridized carbons (Fsp3) is 0.923. The number of piperidine rings is 1. The van der Waals surface area contributed by atoms with Gasteiger partial charge in [-0.25, -0.2) is 0 Å². The molecule has 1 aliphatic rings. The van der Waals surface area contributed by atoms with Crippen LogP contribution in [-0.2, 0) is 9.53 Å². The molecule has 17 heavy (non-hydrogen) atoms. The summed E-state index contributed by atoms with van der Waals surface area (Å²) < 4.78 is 5.24. The van der Waals surface area contributed by atoms with Gasteiger partial charge in [-0.15, -0.1) is 0 Å². The molecule has 4 heteroatoms. The summed E-state index contributed by atoms with van der Waals surface area (Å²) in [5.74, 6) is 0.731. The average molecular weight is 242 g/mol. The van der Waals surface area contributed by atoms with Crippen molar-refractivity contribution in [2.75, 3.05) is 26.3 Å². The first-order valence-electron chi connectivity index (χ1n) is 6.76. The van der Waals surface area contributed by atoms with Gasteiger partial charge >= 0.3 is 0 Å². The lowest BCUT2D eigenvalue weighted by Crippen LogP contribution is -2.45. The highest BCUT2D eigenvalue weighted by Crippen LogP contribution is 2.19. The van der Waals surface area contributed by atoms with Gasteiger partial charge in [0.15, 0.2) is 0 Å². The molecule has 0 aromatic rings. The lowest BCUT2D eigenvalue weighted by Gasteiger charge is -2.34. The minimum Gasteiger partial charge on any atom is -0.382 e. The minimum atomic E-state index is 0.189. The molecule has 0 radical (unpaired) electrons. The highest BCUT2D eigenvalue weighted by molar-refractivity contribution is 5.76. The monoisotopic (exact) mass is 242 g/mol. The molecule has 1 saturated heterocycles. The molecule has 2 unspecified atom stereocenters. The van der Waals surface area contributed by atoms with Crippen LogP contribution in [0.5, 0.6) is 0 Å². The Morgan fingerprint density at radius 3 is 3.00 bits per heavy atom. The smallest absolute Gasteiger partial charge is 0.222 e. The number of likely N-dealkylation sites (tertiary alicyclic amines) is 1. The second-order valence-corrected chi connectivity index (χ2v) is 4.90. The molecule has 1 rings (SSSR count). The molecule has 0 aromatic heterocycles. The summed E-state index contributed by atoms with van der Waals surface area (Å²) in [7, 11) is 0. The Bertz CT molecular complexity index is 231. The van der Waals surface area contributed by atoms with Crippen LogP contribution in [0.15, 0.2) is 0 Å². The van der Waals surface area contributed by atoms with Crippen molar-refractivity contribution in [2.45, 2.75) is 45.6 Å². The first-order chi connectivity index (χ1) is 8.15. The van der Waals surface area contributed by atoms with E-state index in [0.29, 0.717) is 18.9 Å². The van der Waals surface area contributed by atoms with Crippen LogP contribution in [0.3, 0.4) is 0 Å². The zero-order valence-corrected chi connectivity index (χ0v) is 11.2. The maximum Gasteiger partial charge on any atom is 0.222 e. The van der Waals surface area contributed by atoms with Gasteiger partial charge in [0.05, 0.1) is 0 Å². The average Bonchev–Trinajstić information content (AvgIpc) is 2.34. The molecule has 1 amide bonds. The highest BCUT2D eigenvalue weighted by Gasteiger charge is 2.25. The zero-order chi connectivity index (χ0) is 12.7. The Morgan fingerprint density at radius 2 is 2.35 bits per heavy atom. The molecule has 0 aliphatic carbocycles. The molecule has 1 fully saturated rings. The van der Waals surface area contributed by atoms with E-state index in [2.05, 4.69) is 0 Å². The summed E-state index contributed by atoms with van der Waals surface area (Å²) in [6, 6.07) is 0.189. The molecular formula is C13H26N2O2. The second-order valence-electron chi connectivity index (χ2n) is 4.90. The zero-order valence-electron chi connectivity index (χ0n) is 11.2. The molecule has 0 aromatic carbocycles. The van der Waals surface area contributed by atoms with Crippen molar-refractivity contribution in [3.8, 4) is 0 Å². The SMILES string of the molecule is CCOCCCC(=O)N1CCCC(C(C)N)C1. The summed E-state index contributed by atoms with van der Waals surface area (Å²) in [6.07, 6.45) is 3.67. The number of hydrogen-bond donors (Lipinski definition) is 1. The fourth-order valence-corrected chi connectivity index (χ4v) is 2.29. The summed E-state index contributed by atoms with van der Waals surface area (Å²) in [5, 5.41) is 0. The maximum atomic E-state index is 12.0. The lowest BCUT2D eigenvalue weighted by molar-refractivity contribution is -0.133. The molecule has 100 valence electrons. The molecule has 0 spiro atoms. The van der Waals surface area contributed by atoms with Crippen molar-refractivity contribution >= 4 is 5.91 Å². The van der Waals surface area contributed by atoms with E-state index >= 15 is 0 Å². The molecule has 0 saturated carbocycles. The van der Waals surface area contributed by atoms with Gasteiger partial charge in [0.1, 0.15) is 0 Å². The predicted molar refractivity (Wildman–Crippen MR) is 68.7 cm³/mol. The number of carbonyl (C=O) groups excluding carboxylic acids is 1. The Balaban J connectivity index is 2.26. The highest BCUT2D eigenvalue weighted by atomic mass is 16.5. The van der Waals surface area contributed by atoms with Crippen molar-refractivity contribution in [3.63, 3.8) is 0 Å². The van der Waals surface area contributed by atoms with Gasteiger partial charge in [-0.05, 0) is 39.0 Å². The van der Waals surface area contributed by atoms with Crippen molar-refractivity contribution < 1.29 is 9.53 Å². The molecule has 1 aliphatic heterocycles. The molecule has 0 bridgehead atoms. The van der Waals surface area contributed by atoms with Gasteiger partial charge in [-0.2, -0.15) is 0 Å². The number of ether oxygens (including phenoxy) is 1. The Labute approximate surface area is 104 Å². The van der Waals surface area contributed by atoms with Crippen LogP contribution in [0.4, 0.5) is 0 Å². The third-order valence-electron chi connectivity index (χ3n) is 3.44. The number of carbonyl (C=O) groups is 1. The number of hydrogen-bond acceptors (Lipinski definition) is 3. The number of rotatable bonds is 6. The van der Waals surface area contributed by atoms with Crippen molar-refractivity contribution in [1.29, 1.82) is 0 Å². The lowest BCUT2D eigenvalue weighted by atomic mass is 9.92. The van der Waals surface area contributed by atoms with Crippen molar-refractivity contribution in [2.24, 2.45) is 11.7 Å². The van der Waals surface area contributed by atoms with E-state index in [1.54, 1.807) is 0 Å². The molecule has 2 atom stereocenters. The van der Waals surface area contributed by atoms with E-state index in [-0.39, 0.29) is 11.9 Å². The fourth-order valence-electron chi connectivity index (χ4n) is 2.29. The number of amides is 1. The van der Waals surface area contributed by atoms with Gasteiger partial charge in [0.2, 0.25) is 5.91 Å². The summed E-state index contributed by atoms with van der Waals surface area (Å²) in [5.41, 5.74) is 5.91. The van der Waals surface area contributed by atoms with Crippen molar-refractivity contribution in [3.05, 3.63) is 0 Å². The van der Waals surface area contributed by atoms with E-state index in [1.165, 1.54) is 0 Å². The minimum absolute atomic E-state index is 0.189. The van der Waals surface area contributed by atoms with Gasteiger partial charge in [-0.1, -0.05) is 0 Å². The summed E-state index contributed by atoms with van der Waals surface area (Å²) in [6.45, 7) is 7.16. The third-order valence-corrected chi connectivity index (χ3v) is 3.44. The molecule has 1 heterocycles. The normalized spacial score (nSPS) is 22.5. The summed E-state index contributed by atoms with van der Waals surface area (Å²) >= 11 is 0. The van der Waals surface area contributed by atoms with Crippen LogP contribution in [0.2, 0.25) is 0 Å². The largest absolute Gasteiger partial charge is 0.382 e. The number of nitrogens with zero attached hydrogens (tertiary/aromatic N) is 1. The Kier molecular flexibility index (Phi) is 6.52. The molecule has 4 nitrogen and oxygen atoms in total. The van der Waals surface area contributed by atoms with E-state index in [0.717, 1.165) is 39.0 Å². The molecular weight excluding hydrogens is 216 g/mol. The standard InChI is InChI=1S/C13H26N2O2/c1-3-17-9-5-7-13(16)15-8-4-6-12(10-15)11(2)14/h11-12H,3-10,14H2,1-2H3. The first kappa shape index (κ1) is 14.5. The van der Waals surface area contributed by atoms with Crippen LogP contribution >= 0.6 is 0 Å². The Morgan fingerprint density at radius 1 is 1.59 bits per heavy atom. The maximum absolute atomic E-state index is 12.0. The van der Waals surface area contributed by atoms with E-state index in [9.17, 15) is 4.79 Å². The Hall–Kier alpha value is -0.610. The predicted octanol–water partition coefficient (Wildman–Crippen LogP) is 1.39. The van der Waals surface area contributed by atoms with Gasteiger partial charge in [0, 0.05) is 38.8 Å². The quantitative estimate of drug-likeness (QED) is 0.716. The van der Waals surface area contributed by atoms with Gasteiger partial charge in [0.25, 0.3) is 0 Å².